The van der Waals surface area contributed by atoms with Crippen LogP contribution in [0.2, 0.25) is 0 Å². The van der Waals surface area contributed by atoms with Crippen LogP contribution < -0.4 is 10.5 Å². The molecule has 1 saturated heterocycles. The third kappa shape index (κ3) is 5.31. The summed E-state index contributed by atoms with van der Waals surface area (Å²) in [7, 11) is 0. The first-order chi connectivity index (χ1) is 13.2. The fourth-order valence-corrected chi connectivity index (χ4v) is 3.40. The van der Waals surface area contributed by atoms with E-state index in [1.807, 2.05) is 13.0 Å². The zero-order valence-electron chi connectivity index (χ0n) is 16.2. The van der Waals surface area contributed by atoms with Gasteiger partial charge in [0.05, 0.1) is 12.4 Å². The smallest absolute Gasteiger partial charge is 0.123 e. The second kappa shape index (κ2) is 9.53. The number of hydrogen-bond acceptors (Lipinski definition) is 4. The molecular weight excluding hydrogens is 336 g/mol. The van der Waals surface area contributed by atoms with Crippen LogP contribution >= 0.6 is 0 Å². The van der Waals surface area contributed by atoms with Crippen LogP contribution in [0.15, 0.2) is 48.5 Å². The van der Waals surface area contributed by atoms with E-state index in [1.54, 1.807) is 0 Å². The summed E-state index contributed by atoms with van der Waals surface area (Å²) in [6.45, 7) is 7.78. The third-order valence-corrected chi connectivity index (χ3v) is 5.01. The normalized spacial score (nSPS) is 15.0. The van der Waals surface area contributed by atoms with Crippen molar-refractivity contribution in [2.24, 2.45) is 5.73 Å². The van der Waals surface area contributed by atoms with Gasteiger partial charge >= 0.3 is 0 Å². The number of nitrogens with two attached hydrogens (primary N) is 1. The fourth-order valence-electron chi connectivity index (χ4n) is 3.40. The molecule has 0 aliphatic carbocycles. The molecule has 1 fully saturated rings. The molecule has 0 radical (unpaired) electrons. The van der Waals surface area contributed by atoms with E-state index in [9.17, 15) is 0 Å². The van der Waals surface area contributed by atoms with Crippen molar-refractivity contribution in [3.8, 4) is 16.9 Å². The largest absolute Gasteiger partial charge is 0.493 e. The van der Waals surface area contributed by atoms with E-state index in [2.05, 4.69) is 52.3 Å². The van der Waals surface area contributed by atoms with E-state index in [1.165, 1.54) is 16.7 Å². The molecule has 2 aromatic rings. The van der Waals surface area contributed by atoms with Gasteiger partial charge in [0.25, 0.3) is 0 Å². The maximum atomic E-state index is 7.80. The zero-order valence-corrected chi connectivity index (χ0v) is 16.2. The minimum Gasteiger partial charge on any atom is -0.493 e. The lowest BCUT2D eigenvalue weighted by atomic mass is 10.0. The summed E-state index contributed by atoms with van der Waals surface area (Å²) in [6.07, 6.45) is 0.858. The molecule has 144 valence electrons. The van der Waals surface area contributed by atoms with Gasteiger partial charge in [0.1, 0.15) is 5.75 Å². The van der Waals surface area contributed by atoms with E-state index < -0.39 is 0 Å². The van der Waals surface area contributed by atoms with Crippen molar-refractivity contribution >= 4 is 5.84 Å². The summed E-state index contributed by atoms with van der Waals surface area (Å²) in [6, 6.07) is 16.9. The Hall–Kier alpha value is -2.37. The quantitative estimate of drug-likeness (QED) is 0.449. The van der Waals surface area contributed by atoms with Crippen LogP contribution in [0.1, 0.15) is 18.9 Å². The van der Waals surface area contributed by atoms with Gasteiger partial charge in [0.15, 0.2) is 0 Å². The van der Waals surface area contributed by atoms with Crippen LogP contribution in [0.4, 0.5) is 0 Å². The number of amidine groups is 1. The minimum atomic E-state index is 0.641. The Bertz CT molecular complexity index is 739. The molecule has 1 heterocycles. The van der Waals surface area contributed by atoms with Gasteiger partial charge in [-0.3, -0.25) is 10.3 Å². The SMILES string of the molecule is CC(=N)N1CCN(Cc2cc(-c3ccccc3)ccc2OCCCN)CC1. The van der Waals surface area contributed by atoms with Crippen molar-refractivity contribution in [3.63, 3.8) is 0 Å². The van der Waals surface area contributed by atoms with Crippen LogP contribution in [0.5, 0.6) is 5.75 Å². The first-order valence-electron chi connectivity index (χ1n) is 9.71. The van der Waals surface area contributed by atoms with Gasteiger partial charge in [-0.1, -0.05) is 36.4 Å². The predicted molar refractivity (Wildman–Crippen MR) is 111 cm³/mol. The van der Waals surface area contributed by atoms with Crippen molar-refractivity contribution in [1.82, 2.24) is 9.80 Å². The third-order valence-electron chi connectivity index (χ3n) is 5.01. The topological polar surface area (TPSA) is 65.6 Å². The summed E-state index contributed by atoms with van der Waals surface area (Å²) in [4.78, 5) is 4.58. The van der Waals surface area contributed by atoms with E-state index in [-0.39, 0.29) is 0 Å². The molecule has 0 atom stereocenters. The summed E-state index contributed by atoms with van der Waals surface area (Å²) in [5.41, 5.74) is 9.26. The Morgan fingerprint density at radius 2 is 1.78 bits per heavy atom. The number of piperazine rings is 1. The standard InChI is InChI=1S/C22H30N4O/c1-18(24)26-13-11-25(12-14-26)17-21-16-20(19-6-3-2-4-7-19)8-9-22(21)27-15-5-10-23/h2-4,6-9,16,24H,5,10-15,17,23H2,1H3. The summed E-state index contributed by atoms with van der Waals surface area (Å²) in [5, 5.41) is 7.80. The molecule has 0 spiro atoms. The molecule has 3 N–H and O–H groups in total. The predicted octanol–water partition coefficient (Wildman–Crippen LogP) is 3.20. The molecule has 0 aromatic heterocycles. The molecule has 1 aliphatic rings. The Labute approximate surface area is 162 Å². The molecule has 0 bridgehead atoms. The molecule has 2 aromatic carbocycles. The average Bonchev–Trinajstić information content (AvgIpc) is 2.70. The van der Waals surface area contributed by atoms with Crippen LogP contribution in [0.3, 0.4) is 0 Å². The first-order valence-corrected chi connectivity index (χ1v) is 9.71. The zero-order chi connectivity index (χ0) is 19.1. The number of nitrogens with one attached hydrogen (secondary N) is 1. The van der Waals surface area contributed by atoms with Gasteiger partial charge < -0.3 is 15.4 Å². The van der Waals surface area contributed by atoms with Crippen LogP contribution in [0, 0.1) is 5.41 Å². The highest BCUT2D eigenvalue weighted by Crippen LogP contribution is 2.28. The Kier molecular flexibility index (Phi) is 6.85. The molecule has 0 unspecified atom stereocenters. The highest BCUT2D eigenvalue weighted by atomic mass is 16.5. The van der Waals surface area contributed by atoms with E-state index in [0.29, 0.717) is 19.0 Å². The fraction of sp³-hybridized carbons (Fsp3) is 0.409. The van der Waals surface area contributed by atoms with E-state index in [0.717, 1.165) is 44.9 Å². The lowest BCUT2D eigenvalue weighted by Gasteiger charge is -2.35. The van der Waals surface area contributed by atoms with Crippen LogP contribution in [0.25, 0.3) is 11.1 Å². The van der Waals surface area contributed by atoms with Gasteiger partial charge in [-0.2, -0.15) is 0 Å². The molecular formula is C22H30N4O. The van der Waals surface area contributed by atoms with Gasteiger partial charge in [-0.15, -0.1) is 0 Å². The lowest BCUT2D eigenvalue weighted by molar-refractivity contribution is 0.172. The van der Waals surface area contributed by atoms with Crippen molar-refractivity contribution < 1.29 is 4.74 Å². The van der Waals surface area contributed by atoms with Crippen molar-refractivity contribution in [1.29, 1.82) is 5.41 Å². The first kappa shape index (κ1) is 19.4. The van der Waals surface area contributed by atoms with Crippen molar-refractivity contribution in [3.05, 3.63) is 54.1 Å². The maximum absolute atomic E-state index is 7.80. The monoisotopic (exact) mass is 366 g/mol. The number of benzene rings is 2. The van der Waals surface area contributed by atoms with Gasteiger partial charge in [-0.05, 0) is 43.1 Å². The van der Waals surface area contributed by atoms with Crippen LogP contribution in [-0.4, -0.2) is 55.0 Å². The van der Waals surface area contributed by atoms with Gasteiger partial charge in [0.2, 0.25) is 0 Å². The van der Waals surface area contributed by atoms with Gasteiger partial charge in [-0.25, -0.2) is 0 Å². The molecule has 5 heteroatoms. The molecule has 3 rings (SSSR count). The summed E-state index contributed by atoms with van der Waals surface area (Å²) in [5.74, 6) is 1.61. The highest BCUT2D eigenvalue weighted by Gasteiger charge is 2.19. The highest BCUT2D eigenvalue weighted by molar-refractivity contribution is 5.76. The average molecular weight is 367 g/mol. The summed E-state index contributed by atoms with van der Waals surface area (Å²) < 4.78 is 6.02. The number of ether oxygens (including phenoxy) is 1. The molecule has 1 aliphatic heterocycles. The van der Waals surface area contributed by atoms with Crippen molar-refractivity contribution in [2.75, 3.05) is 39.3 Å². The Morgan fingerprint density at radius 1 is 1.04 bits per heavy atom. The molecule has 5 nitrogen and oxygen atoms in total. The number of rotatable bonds is 7. The molecule has 27 heavy (non-hydrogen) atoms. The second-order valence-corrected chi connectivity index (χ2v) is 7.03. The van der Waals surface area contributed by atoms with E-state index >= 15 is 0 Å². The maximum Gasteiger partial charge on any atom is 0.123 e. The van der Waals surface area contributed by atoms with E-state index in [4.69, 9.17) is 15.9 Å². The van der Waals surface area contributed by atoms with Crippen LogP contribution in [-0.2, 0) is 6.54 Å². The number of hydrogen-bond donors (Lipinski definition) is 2. The minimum absolute atomic E-state index is 0.641. The lowest BCUT2D eigenvalue weighted by Crippen LogP contribution is -2.47. The van der Waals surface area contributed by atoms with Gasteiger partial charge in [0, 0.05) is 38.3 Å². The Morgan fingerprint density at radius 3 is 2.44 bits per heavy atom. The summed E-state index contributed by atoms with van der Waals surface area (Å²) >= 11 is 0. The Balaban J connectivity index is 1.76. The number of nitrogens with zero attached hydrogens (tertiary/aromatic N) is 2. The molecule has 0 amide bonds. The second-order valence-electron chi connectivity index (χ2n) is 7.03. The van der Waals surface area contributed by atoms with Crippen molar-refractivity contribution in [2.45, 2.75) is 19.9 Å². The molecule has 0 saturated carbocycles.